The number of anilines is 1. The highest BCUT2D eigenvalue weighted by molar-refractivity contribution is 6.08. The zero-order valence-corrected chi connectivity index (χ0v) is 15.9. The topological polar surface area (TPSA) is 87.4 Å². The number of halogens is 1. The van der Waals surface area contributed by atoms with Gasteiger partial charge < -0.3 is 19.0 Å². The highest BCUT2D eigenvalue weighted by Gasteiger charge is 2.43. The van der Waals surface area contributed by atoms with Gasteiger partial charge in [-0.1, -0.05) is 12.1 Å². The molecule has 0 saturated carbocycles. The van der Waals surface area contributed by atoms with Crippen LogP contribution >= 0.6 is 0 Å². The molecule has 29 heavy (non-hydrogen) atoms. The number of furan rings is 1. The first kappa shape index (κ1) is 19.0. The molecule has 1 aromatic heterocycles. The van der Waals surface area contributed by atoms with E-state index in [0.717, 1.165) is 0 Å². The summed E-state index contributed by atoms with van der Waals surface area (Å²) in [5.41, 5.74) is 0.556. The lowest BCUT2D eigenvalue weighted by Gasteiger charge is -2.39. The molecular formula is C20H21FN4O4. The molecule has 2 aromatic rings. The lowest BCUT2D eigenvalue weighted by molar-refractivity contribution is -0.151. The summed E-state index contributed by atoms with van der Waals surface area (Å²) in [6, 6.07) is 9.21. The van der Waals surface area contributed by atoms with E-state index in [4.69, 9.17) is 9.15 Å². The van der Waals surface area contributed by atoms with Gasteiger partial charge in [-0.05, 0) is 24.3 Å². The second kappa shape index (κ2) is 7.94. The highest BCUT2D eigenvalue weighted by atomic mass is 19.1. The molecule has 0 unspecified atom stereocenters. The van der Waals surface area contributed by atoms with Gasteiger partial charge in [0.15, 0.2) is 5.92 Å². The van der Waals surface area contributed by atoms with E-state index in [1.165, 1.54) is 19.4 Å². The SMILES string of the molecule is COC(=O)[C@@H]1C(=O)NC(N2CCN(c3ccccc3F)CC2)=N[C@@H]1c1ccco1. The number of amides is 1. The van der Waals surface area contributed by atoms with Crippen LogP contribution < -0.4 is 10.2 Å². The third-order valence-electron chi connectivity index (χ3n) is 5.16. The molecule has 2 aliphatic rings. The first-order valence-corrected chi connectivity index (χ1v) is 9.33. The average molecular weight is 400 g/mol. The number of carbonyl (C=O) groups excluding carboxylic acids is 2. The van der Waals surface area contributed by atoms with Crippen LogP contribution in [0, 0.1) is 11.7 Å². The predicted octanol–water partition coefficient (Wildman–Crippen LogP) is 1.56. The van der Waals surface area contributed by atoms with Crippen molar-refractivity contribution < 1.29 is 23.1 Å². The number of benzene rings is 1. The van der Waals surface area contributed by atoms with Crippen molar-refractivity contribution in [2.75, 3.05) is 38.2 Å². The molecule has 2 aliphatic heterocycles. The van der Waals surface area contributed by atoms with E-state index in [0.29, 0.717) is 43.6 Å². The van der Waals surface area contributed by atoms with Crippen molar-refractivity contribution in [3.05, 3.63) is 54.2 Å². The molecule has 0 spiro atoms. The van der Waals surface area contributed by atoms with Crippen LogP contribution in [0.5, 0.6) is 0 Å². The van der Waals surface area contributed by atoms with Crippen LogP contribution in [0.25, 0.3) is 0 Å². The molecule has 1 N–H and O–H groups in total. The molecule has 2 atom stereocenters. The molecule has 9 heteroatoms. The van der Waals surface area contributed by atoms with Crippen molar-refractivity contribution in [2.45, 2.75) is 6.04 Å². The van der Waals surface area contributed by atoms with E-state index in [2.05, 4.69) is 10.3 Å². The summed E-state index contributed by atoms with van der Waals surface area (Å²) in [6.07, 6.45) is 1.47. The van der Waals surface area contributed by atoms with Gasteiger partial charge in [0, 0.05) is 26.2 Å². The fraction of sp³-hybridized carbons (Fsp3) is 0.350. The van der Waals surface area contributed by atoms with Gasteiger partial charge in [-0.2, -0.15) is 0 Å². The summed E-state index contributed by atoms with van der Waals surface area (Å²) < 4.78 is 24.2. The van der Waals surface area contributed by atoms with Crippen LogP contribution in [-0.2, 0) is 14.3 Å². The van der Waals surface area contributed by atoms with Crippen LogP contribution in [0.15, 0.2) is 52.1 Å². The normalized spacial score (nSPS) is 22.1. The number of aliphatic imine (C=N–C) groups is 1. The van der Waals surface area contributed by atoms with Gasteiger partial charge in [-0.25, -0.2) is 9.38 Å². The number of para-hydroxylation sites is 1. The maximum Gasteiger partial charge on any atom is 0.320 e. The van der Waals surface area contributed by atoms with Crippen LogP contribution in [0.3, 0.4) is 0 Å². The standard InChI is InChI=1S/C20H21FN4O4/c1-28-19(27)16-17(15-7-4-12-29-15)22-20(23-18(16)26)25-10-8-24(9-11-25)14-6-3-2-5-13(14)21/h2-7,12,16-17H,8-11H2,1H3,(H,22,23,26)/t16-,17+/m0/s1. The second-order valence-corrected chi connectivity index (χ2v) is 6.83. The molecule has 0 radical (unpaired) electrons. The Morgan fingerprint density at radius 1 is 1.17 bits per heavy atom. The van der Waals surface area contributed by atoms with Gasteiger partial charge in [0.25, 0.3) is 0 Å². The van der Waals surface area contributed by atoms with Gasteiger partial charge in [-0.3, -0.25) is 14.9 Å². The Morgan fingerprint density at radius 2 is 1.90 bits per heavy atom. The highest BCUT2D eigenvalue weighted by Crippen LogP contribution is 2.31. The summed E-state index contributed by atoms with van der Waals surface area (Å²) in [6.45, 7) is 2.23. The summed E-state index contributed by atoms with van der Waals surface area (Å²) in [5, 5.41) is 2.71. The van der Waals surface area contributed by atoms with Gasteiger partial charge in [0.2, 0.25) is 11.9 Å². The number of ether oxygens (including phenoxy) is 1. The largest absolute Gasteiger partial charge is 0.468 e. The molecule has 1 saturated heterocycles. The van der Waals surface area contributed by atoms with E-state index < -0.39 is 23.8 Å². The Kier molecular flexibility index (Phi) is 5.20. The Balaban J connectivity index is 1.53. The first-order valence-electron chi connectivity index (χ1n) is 9.33. The number of guanidine groups is 1. The Morgan fingerprint density at radius 3 is 2.55 bits per heavy atom. The number of rotatable bonds is 3. The van der Waals surface area contributed by atoms with Crippen molar-refractivity contribution in [3.63, 3.8) is 0 Å². The van der Waals surface area contributed by atoms with Crippen molar-refractivity contribution in [1.29, 1.82) is 0 Å². The molecule has 8 nitrogen and oxygen atoms in total. The fourth-order valence-corrected chi connectivity index (χ4v) is 3.65. The minimum absolute atomic E-state index is 0.261. The lowest BCUT2D eigenvalue weighted by Crippen LogP contribution is -2.57. The summed E-state index contributed by atoms with van der Waals surface area (Å²) in [5.74, 6) is -1.74. The summed E-state index contributed by atoms with van der Waals surface area (Å²) in [7, 11) is 1.23. The molecule has 1 amide bonds. The second-order valence-electron chi connectivity index (χ2n) is 6.83. The maximum absolute atomic E-state index is 14.0. The minimum atomic E-state index is -1.12. The van der Waals surface area contributed by atoms with Gasteiger partial charge in [-0.15, -0.1) is 0 Å². The molecule has 152 valence electrons. The van der Waals surface area contributed by atoms with Gasteiger partial charge >= 0.3 is 5.97 Å². The Bertz CT molecular complexity index is 922. The van der Waals surface area contributed by atoms with E-state index in [1.807, 2.05) is 9.80 Å². The van der Waals surface area contributed by atoms with E-state index in [1.54, 1.807) is 30.3 Å². The molecule has 3 heterocycles. The van der Waals surface area contributed by atoms with E-state index in [9.17, 15) is 14.0 Å². The Labute approximate surface area is 166 Å². The number of nitrogens with one attached hydrogen (secondary N) is 1. The number of carbonyl (C=O) groups is 2. The van der Waals surface area contributed by atoms with Crippen molar-refractivity contribution in [2.24, 2.45) is 10.9 Å². The molecular weight excluding hydrogens is 379 g/mol. The number of piperazine rings is 1. The van der Waals surface area contributed by atoms with Crippen LogP contribution in [0.1, 0.15) is 11.8 Å². The zero-order valence-electron chi connectivity index (χ0n) is 15.9. The monoisotopic (exact) mass is 400 g/mol. The van der Waals surface area contributed by atoms with Crippen LogP contribution in [0.4, 0.5) is 10.1 Å². The number of methoxy groups -OCH3 is 1. The molecule has 0 bridgehead atoms. The third-order valence-corrected chi connectivity index (χ3v) is 5.16. The van der Waals surface area contributed by atoms with Crippen LogP contribution in [0.2, 0.25) is 0 Å². The number of hydrogen-bond acceptors (Lipinski definition) is 7. The number of nitrogens with zero attached hydrogens (tertiary/aromatic N) is 3. The third kappa shape index (κ3) is 3.67. The minimum Gasteiger partial charge on any atom is -0.468 e. The number of esters is 1. The fourth-order valence-electron chi connectivity index (χ4n) is 3.65. The first-order chi connectivity index (χ1) is 14.1. The van der Waals surface area contributed by atoms with Gasteiger partial charge in [0.1, 0.15) is 17.6 Å². The summed E-state index contributed by atoms with van der Waals surface area (Å²) >= 11 is 0. The van der Waals surface area contributed by atoms with Crippen molar-refractivity contribution >= 4 is 23.5 Å². The number of hydrogen-bond donors (Lipinski definition) is 1. The van der Waals surface area contributed by atoms with Gasteiger partial charge in [0.05, 0.1) is 19.1 Å². The zero-order chi connectivity index (χ0) is 20.4. The quantitative estimate of drug-likeness (QED) is 0.622. The van der Waals surface area contributed by atoms with E-state index >= 15 is 0 Å². The van der Waals surface area contributed by atoms with Crippen LogP contribution in [-0.4, -0.2) is 56.0 Å². The molecule has 0 aliphatic carbocycles. The van der Waals surface area contributed by atoms with E-state index in [-0.39, 0.29) is 5.82 Å². The molecule has 1 aromatic carbocycles. The molecule has 1 fully saturated rings. The van der Waals surface area contributed by atoms with Crippen molar-refractivity contribution in [1.82, 2.24) is 10.2 Å². The maximum atomic E-state index is 14.0. The summed E-state index contributed by atoms with van der Waals surface area (Å²) in [4.78, 5) is 33.3. The van der Waals surface area contributed by atoms with Crippen molar-refractivity contribution in [3.8, 4) is 0 Å². The predicted molar refractivity (Wildman–Crippen MR) is 103 cm³/mol. The average Bonchev–Trinajstić information content (AvgIpc) is 3.28. The molecule has 4 rings (SSSR count). The smallest absolute Gasteiger partial charge is 0.320 e. The lowest BCUT2D eigenvalue weighted by atomic mass is 9.95. The Hall–Kier alpha value is -3.36.